The summed E-state index contributed by atoms with van der Waals surface area (Å²) in [5.41, 5.74) is 0. The molecular formula is C13H13NO4S2. The quantitative estimate of drug-likeness (QED) is 0.483. The van der Waals surface area contributed by atoms with E-state index < -0.39 is 5.97 Å². The van der Waals surface area contributed by atoms with Gasteiger partial charge in [-0.05, 0) is 26.0 Å². The molecule has 0 radical (unpaired) electrons. The van der Waals surface area contributed by atoms with Crippen molar-refractivity contribution in [2.45, 2.75) is 13.8 Å². The molecule has 1 saturated heterocycles. The van der Waals surface area contributed by atoms with Gasteiger partial charge in [0.1, 0.15) is 22.4 Å². The summed E-state index contributed by atoms with van der Waals surface area (Å²) in [6.45, 7) is 3.65. The molecule has 1 aromatic heterocycles. The molecule has 0 atom stereocenters. The van der Waals surface area contributed by atoms with E-state index in [2.05, 4.69) is 0 Å². The summed E-state index contributed by atoms with van der Waals surface area (Å²) in [6.07, 6.45) is 1.62. The van der Waals surface area contributed by atoms with Crippen molar-refractivity contribution in [3.63, 3.8) is 0 Å². The molecule has 0 bridgehead atoms. The number of hydrogen-bond acceptors (Lipinski definition) is 6. The van der Waals surface area contributed by atoms with Crippen LogP contribution in [0.15, 0.2) is 21.5 Å². The Balaban J connectivity index is 2.12. The van der Waals surface area contributed by atoms with Gasteiger partial charge in [-0.2, -0.15) is 0 Å². The fourth-order valence-corrected chi connectivity index (χ4v) is 2.87. The smallest absolute Gasteiger partial charge is 0.326 e. The Bertz CT molecular complexity index is 591. The summed E-state index contributed by atoms with van der Waals surface area (Å²) in [5, 5.41) is 0. The Labute approximate surface area is 125 Å². The highest BCUT2D eigenvalue weighted by Crippen LogP contribution is 2.32. The van der Waals surface area contributed by atoms with E-state index in [9.17, 15) is 9.59 Å². The molecule has 0 unspecified atom stereocenters. The number of furan rings is 1. The highest BCUT2D eigenvalue weighted by atomic mass is 32.2. The van der Waals surface area contributed by atoms with Crippen LogP contribution in [0.25, 0.3) is 6.08 Å². The number of ether oxygens (including phenoxy) is 1. The lowest BCUT2D eigenvalue weighted by Gasteiger charge is -2.12. The highest BCUT2D eigenvalue weighted by Gasteiger charge is 2.33. The molecule has 1 aliphatic heterocycles. The van der Waals surface area contributed by atoms with Crippen LogP contribution in [0.1, 0.15) is 18.4 Å². The van der Waals surface area contributed by atoms with Crippen molar-refractivity contribution in [1.82, 2.24) is 4.90 Å². The Morgan fingerprint density at radius 1 is 1.55 bits per heavy atom. The molecule has 2 heterocycles. The SMILES string of the molecule is CCOC(=O)CN1C(=O)/C(=C/c2ccc(C)o2)SC1=S. The summed E-state index contributed by atoms with van der Waals surface area (Å²) < 4.78 is 10.6. The van der Waals surface area contributed by atoms with Gasteiger partial charge in [0.15, 0.2) is 0 Å². The second kappa shape index (κ2) is 6.23. The Hall–Kier alpha value is -1.60. The maximum Gasteiger partial charge on any atom is 0.326 e. The molecule has 5 nitrogen and oxygen atoms in total. The lowest BCUT2D eigenvalue weighted by atomic mass is 10.3. The number of rotatable bonds is 4. The van der Waals surface area contributed by atoms with Crippen molar-refractivity contribution in [3.8, 4) is 0 Å². The zero-order valence-corrected chi connectivity index (χ0v) is 12.7. The largest absolute Gasteiger partial charge is 0.465 e. The Morgan fingerprint density at radius 2 is 2.30 bits per heavy atom. The van der Waals surface area contributed by atoms with Crippen LogP contribution in [0.3, 0.4) is 0 Å². The van der Waals surface area contributed by atoms with Gasteiger partial charge >= 0.3 is 5.97 Å². The van der Waals surface area contributed by atoms with Crippen molar-refractivity contribution in [2.24, 2.45) is 0 Å². The van der Waals surface area contributed by atoms with Crippen LogP contribution in [-0.4, -0.2) is 34.2 Å². The molecule has 1 fully saturated rings. The van der Waals surface area contributed by atoms with Crippen molar-refractivity contribution in [2.75, 3.05) is 13.2 Å². The molecule has 0 aliphatic carbocycles. The summed E-state index contributed by atoms with van der Waals surface area (Å²) in [5.74, 6) is 0.568. The van der Waals surface area contributed by atoms with Crippen LogP contribution in [0.5, 0.6) is 0 Å². The number of amides is 1. The van der Waals surface area contributed by atoms with Gasteiger partial charge in [-0.1, -0.05) is 24.0 Å². The number of carbonyl (C=O) groups is 2. The van der Waals surface area contributed by atoms with Gasteiger partial charge < -0.3 is 9.15 Å². The fourth-order valence-electron chi connectivity index (χ4n) is 1.63. The van der Waals surface area contributed by atoms with Crippen LogP contribution in [0.4, 0.5) is 0 Å². The highest BCUT2D eigenvalue weighted by molar-refractivity contribution is 8.26. The third-order valence-electron chi connectivity index (χ3n) is 2.50. The van der Waals surface area contributed by atoms with Gasteiger partial charge in [-0.3, -0.25) is 14.5 Å². The van der Waals surface area contributed by atoms with Gasteiger partial charge in [-0.25, -0.2) is 0 Å². The first-order valence-electron chi connectivity index (χ1n) is 5.98. The van der Waals surface area contributed by atoms with Crippen LogP contribution < -0.4 is 0 Å². The van der Waals surface area contributed by atoms with Gasteiger partial charge in [0.25, 0.3) is 5.91 Å². The molecule has 1 aliphatic rings. The second-order valence-electron chi connectivity index (χ2n) is 4.02. The van der Waals surface area contributed by atoms with E-state index in [1.165, 1.54) is 4.90 Å². The first-order chi connectivity index (χ1) is 9.51. The zero-order chi connectivity index (χ0) is 14.7. The summed E-state index contributed by atoms with van der Waals surface area (Å²) in [6, 6.07) is 3.58. The van der Waals surface area contributed by atoms with Gasteiger partial charge in [0, 0.05) is 6.08 Å². The average Bonchev–Trinajstić information content (AvgIpc) is 2.89. The maximum absolute atomic E-state index is 12.2. The van der Waals surface area contributed by atoms with E-state index in [1.807, 2.05) is 13.0 Å². The number of nitrogens with zero attached hydrogens (tertiary/aromatic N) is 1. The lowest BCUT2D eigenvalue weighted by molar-refractivity contribution is -0.145. The van der Waals surface area contributed by atoms with Crippen LogP contribution in [0, 0.1) is 6.92 Å². The molecule has 0 saturated carbocycles. The summed E-state index contributed by atoms with van der Waals surface area (Å²) in [4.78, 5) is 25.3. The van der Waals surface area contributed by atoms with E-state index in [1.54, 1.807) is 19.1 Å². The minimum absolute atomic E-state index is 0.160. The number of thiocarbonyl (C=S) groups is 1. The second-order valence-corrected chi connectivity index (χ2v) is 5.70. The fraction of sp³-hybridized carbons (Fsp3) is 0.308. The Kier molecular flexibility index (Phi) is 4.61. The van der Waals surface area contributed by atoms with E-state index in [0.29, 0.717) is 15.0 Å². The zero-order valence-electron chi connectivity index (χ0n) is 11.0. The molecule has 2 rings (SSSR count). The molecule has 106 valence electrons. The predicted molar refractivity (Wildman–Crippen MR) is 80.0 cm³/mol. The lowest BCUT2D eigenvalue weighted by Crippen LogP contribution is -2.34. The monoisotopic (exact) mass is 311 g/mol. The van der Waals surface area contributed by atoms with E-state index in [4.69, 9.17) is 21.4 Å². The van der Waals surface area contributed by atoms with E-state index >= 15 is 0 Å². The predicted octanol–water partition coefficient (Wildman–Crippen LogP) is 2.35. The number of esters is 1. The Morgan fingerprint density at radius 3 is 2.90 bits per heavy atom. The van der Waals surface area contributed by atoms with E-state index in [0.717, 1.165) is 17.5 Å². The molecule has 1 amide bonds. The summed E-state index contributed by atoms with van der Waals surface area (Å²) in [7, 11) is 0. The topological polar surface area (TPSA) is 59.8 Å². The van der Waals surface area contributed by atoms with E-state index in [-0.39, 0.29) is 19.1 Å². The number of thioether (sulfide) groups is 1. The van der Waals surface area contributed by atoms with Crippen molar-refractivity contribution in [1.29, 1.82) is 0 Å². The standard InChI is InChI=1S/C13H13NO4S2/c1-3-17-11(15)7-14-12(16)10(20-13(14)19)6-9-5-4-8(2)18-9/h4-6H,3,7H2,1-2H3/b10-6-. The minimum atomic E-state index is -0.473. The van der Waals surface area contributed by atoms with Crippen molar-refractivity contribution in [3.05, 3.63) is 28.6 Å². The molecule has 20 heavy (non-hydrogen) atoms. The summed E-state index contributed by atoms with van der Waals surface area (Å²) >= 11 is 6.25. The molecule has 0 N–H and O–H groups in total. The van der Waals surface area contributed by atoms with Crippen LogP contribution in [0.2, 0.25) is 0 Å². The normalized spacial score (nSPS) is 17.1. The first kappa shape index (κ1) is 14.8. The van der Waals surface area contributed by atoms with Gasteiger partial charge in [0.2, 0.25) is 0 Å². The van der Waals surface area contributed by atoms with Gasteiger partial charge in [0.05, 0.1) is 11.5 Å². The molecule has 0 spiro atoms. The number of aryl methyl sites for hydroxylation is 1. The molecule has 0 aromatic carbocycles. The van der Waals surface area contributed by atoms with Crippen molar-refractivity contribution < 1.29 is 18.7 Å². The first-order valence-corrected chi connectivity index (χ1v) is 7.21. The molecule has 1 aromatic rings. The number of hydrogen-bond donors (Lipinski definition) is 0. The maximum atomic E-state index is 12.2. The molecule has 7 heteroatoms. The van der Waals surface area contributed by atoms with Crippen molar-refractivity contribution >= 4 is 46.3 Å². The minimum Gasteiger partial charge on any atom is -0.465 e. The van der Waals surface area contributed by atoms with Crippen LogP contribution in [-0.2, 0) is 14.3 Å². The number of carbonyl (C=O) groups excluding carboxylic acids is 2. The third-order valence-corrected chi connectivity index (χ3v) is 3.88. The average molecular weight is 311 g/mol. The van der Waals surface area contributed by atoms with Gasteiger partial charge in [-0.15, -0.1) is 0 Å². The van der Waals surface area contributed by atoms with Crippen LogP contribution >= 0.6 is 24.0 Å². The molecular weight excluding hydrogens is 298 g/mol. The third kappa shape index (κ3) is 3.29.